The van der Waals surface area contributed by atoms with Gasteiger partial charge in [0.2, 0.25) is 5.91 Å². The maximum absolute atomic E-state index is 12.9. The molecule has 1 aromatic carbocycles. The van der Waals surface area contributed by atoms with Gasteiger partial charge in [0.25, 0.3) is 11.8 Å². The smallest absolute Gasteiger partial charge is 0.253 e. The van der Waals surface area contributed by atoms with Gasteiger partial charge in [-0.15, -0.1) is 0 Å². The van der Waals surface area contributed by atoms with Gasteiger partial charge in [-0.25, -0.2) is 0 Å². The van der Waals surface area contributed by atoms with Crippen LogP contribution in [-0.4, -0.2) is 97.3 Å². The summed E-state index contributed by atoms with van der Waals surface area (Å²) in [5, 5.41) is 44.9. The van der Waals surface area contributed by atoms with Gasteiger partial charge in [0.15, 0.2) is 0 Å². The van der Waals surface area contributed by atoms with Crippen molar-refractivity contribution < 1.29 is 34.8 Å². The number of likely N-dealkylation sites (N-methyl/N-ethyl adjacent to an activating group) is 2. The molecule has 0 saturated heterocycles. The van der Waals surface area contributed by atoms with Crippen LogP contribution in [0.25, 0.3) is 0 Å². The number of rotatable bonds is 11. The maximum Gasteiger partial charge on any atom is 0.253 e. The van der Waals surface area contributed by atoms with E-state index in [-0.39, 0.29) is 36.7 Å². The van der Waals surface area contributed by atoms with Gasteiger partial charge in [0.05, 0.1) is 55.9 Å². The van der Waals surface area contributed by atoms with Crippen molar-refractivity contribution in [1.29, 1.82) is 0 Å². The molecule has 0 radical (unpaired) electrons. The summed E-state index contributed by atoms with van der Waals surface area (Å²) in [7, 11) is 3.15. The molecule has 7 N–H and O–H groups in total. The number of aliphatic hydroxyl groups excluding tert-OH is 4. The van der Waals surface area contributed by atoms with Crippen LogP contribution in [0.5, 0.6) is 0 Å². The van der Waals surface area contributed by atoms with Gasteiger partial charge in [-0.3, -0.25) is 14.4 Å². The van der Waals surface area contributed by atoms with Gasteiger partial charge < -0.3 is 41.3 Å². The summed E-state index contributed by atoms with van der Waals surface area (Å²) in [5.41, 5.74) is 0.611. The topological polar surface area (TPSA) is 171 Å². The Morgan fingerprint density at radius 1 is 0.875 bits per heavy atom. The van der Waals surface area contributed by atoms with E-state index >= 15 is 0 Å². The van der Waals surface area contributed by atoms with Crippen molar-refractivity contribution >= 4 is 91.2 Å². The lowest BCUT2D eigenvalue weighted by molar-refractivity contribution is -0.117. The molecule has 0 aliphatic rings. The van der Waals surface area contributed by atoms with Crippen LogP contribution in [0.2, 0.25) is 0 Å². The van der Waals surface area contributed by atoms with E-state index in [2.05, 4.69) is 16.0 Å². The molecule has 32 heavy (non-hydrogen) atoms. The molecule has 0 fully saturated rings. The normalized spacial score (nSPS) is 12.8. The minimum Gasteiger partial charge on any atom is -0.394 e. The van der Waals surface area contributed by atoms with Crippen LogP contribution in [0.15, 0.2) is 0 Å². The molecule has 2 atom stereocenters. The van der Waals surface area contributed by atoms with E-state index in [0.29, 0.717) is 16.4 Å². The quantitative estimate of drug-likeness (QED) is 0.138. The van der Waals surface area contributed by atoms with Crippen molar-refractivity contribution in [2.24, 2.45) is 0 Å². The number of aliphatic hydroxyl groups is 4. The van der Waals surface area contributed by atoms with Crippen molar-refractivity contribution in [3.05, 3.63) is 21.8 Å². The van der Waals surface area contributed by atoms with Crippen LogP contribution in [0.4, 0.5) is 5.69 Å². The number of benzene rings is 1. The largest absolute Gasteiger partial charge is 0.394 e. The fraction of sp³-hybridized carbons (Fsp3) is 0.500. The molecule has 1 rings (SSSR count). The Labute approximate surface area is 226 Å². The Balaban J connectivity index is 3.60. The Hall–Kier alpha value is -0.380. The summed E-state index contributed by atoms with van der Waals surface area (Å²) in [5.74, 6) is -1.49. The molecule has 180 valence electrons. The van der Waals surface area contributed by atoms with Crippen LogP contribution in [0.1, 0.15) is 20.7 Å². The highest BCUT2D eigenvalue weighted by Gasteiger charge is 2.30. The van der Waals surface area contributed by atoms with Gasteiger partial charge >= 0.3 is 0 Å². The van der Waals surface area contributed by atoms with E-state index in [1.165, 1.54) is 11.9 Å². The van der Waals surface area contributed by atoms with Crippen molar-refractivity contribution in [3.8, 4) is 0 Å². The average molecular weight is 790 g/mol. The Bertz CT molecular complexity index is 803. The minimum absolute atomic E-state index is 0.0308. The van der Waals surface area contributed by atoms with Crippen LogP contribution in [0, 0.1) is 10.7 Å². The number of carbonyl (C=O) groups excluding carboxylic acids is 3. The predicted octanol–water partition coefficient (Wildman–Crippen LogP) is -1.15. The highest BCUT2D eigenvalue weighted by Crippen LogP contribution is 2.37. The molecule has 3 amide bonds. The zero-order valence-corrected chi connectivity index (χ0v) is 23.8. The number of amides is 3. The van der Waals surface area contributed by atoms with Crippen molar-refractivity contribution in [2.45, 2.75) is 12.2 Å². The van der Waals surface area contributed by atoms with Crippen LogP contribution in [-0.2, 0) is 4.79 Å². The first-order valence-electron chi connectivity index (χ1n) is 9.27. The fourth-order valence-corrected chi connectivity index (χ4v) is 7.34. The standard InChI is InChI=1S/C18H25I3N4O7/c1-22-5-10(30)25(2)16-14(20)11(17(31)23-3-8(28)6-26)13(19)12(15(16)21)18(32)24-4-9(29)7-27/h8-9,22,26-29H,3-7H2,1-2H3,(H,23,31)(H,24,32). The second kappa shape index (κ2) is 14.1. The van der Waals surface area contributed by atoms with Gasteiger partial charge in [-0.1, -0.05) is 0 Å². The SMILES string of the molecule is CNCC(=O)N(C)c1c(I)c(C(=O)NCC(O)CO)c(I)c(C(=O)NCC(O)CO)c1I. The summed E-state index contributed by atoms with van der Waals surface area (Å²) in [6.07, 6.45) is -2.31. The molecule has 1 aromatic rings. The van der Waals surface area contributed by atoms with Crippen molar-refractivity contribution in [2.75, 3.05) is 51.8 Å². The molecule has 11 nitrogen and oxygen atoms in total. The third-order valence-electron chi connectivity index (χ3n) is 4.20. The molecule has 0 heterocycles. The molecule has 0 bridgehead atoms. The summed E-state index contributed by atoms with van der Waals surface area (Å²) in [6.45, 7) is -1.45. The molecule has 0 aliphatic carbocycles. The summed E-state index contributed by atoms with van der Waals surface area (Å²) in [6, 6.07) is 0. The highest BCUT2D eigenvalue weighted by atomic mass is 127. The van der Waals surface area contributed by atoms with Gasteiger partial charge in [0.1, 0.15) is 0 Å². The molecular weight excluding hydrogens is 765 g/mol. The third kappa shape index (κ3) is 7.57. The van der Waals surface area contributed by atoms with E-state index in [0.717, 1.165) is 0 Å². The molecule has 14 heteroatoms. The number of halogens is 3. The van der Waals surface area contributed by atoms with Gasteiger partial charge in [-0.05, 0) is 74.8 Å². The number of hydrogen-bond donors (Lipinski definition) is 7. The Morgan fingerprint density at radius 3 is 1.62 bits per heavy atom. The molecule has 0 aromatic heterocycles. The van der Waals surface area contributed by atoms with E-state index in [1.807, 2.05) is 67.8 Å². The second-order valence-corrected chi connectivity index (χ2v) is 9.85. The second-order valence-electron chi connectivity index (χ2n) is 6.62. The number of hydrogen-bond acceptors (Lipinski definition) is 8. The molecule has 0 saturated carbocycles. The lowest BCUT2D eigenvalue weighted by Gasteiger charge is -2.25. The zero-order chi connectivity index (χ0) is 24.6. The first-order chi connectivity index (χ1) is 15.0. The van der Waals surface area contributed by atoms with E-state index in [4.69, 9.17) is 10.2 Å². The number of nitrogens with zero attached hydrogens (tertiary/aromatic N) is 1. The van der Waals surface area contributed by atoms with E-state index < -0.39 is 37.2 Å². The predicted molar refractivity (Wildman–Crippen MR) is 143 cm³/mol. The van der Waals surface area contributed by atoms with Crippen LogP contribution >= 0.6 is 67.8 Å². The van der Waals surface area contributed by atoms with Crippen LogP contribution < -0.4 is 20.9 Å². The summed E-state index contributed by atoms with van der Waals surface area (Å²) >= 11 is 5.71. The highest BCUT2D eigenvalue weighted by molar-refractivity contribution is 14.1. The first-order valence-corrected chi connectivity index (χ1v) is 12.5. The third-order valence-corrected chi connectivity index (χ3v) is 7.38. The monoisotopic (exact) mass is 790 g/mol. The Morgan fingerprint density at radius 2 is 1.28 bits per heavy atom. The molecular formula is C18H25I3N4O7. The minimum atomic E-state index is -1.15. The Kier molecular flexibility index (Phi) is 13.1. The van der Waals surface area contributed by atoms with Gasteiger partial charge in [0, 0.05) is 23.7 Å². The van der Waals surface area contributed by atoms with E-state index in [1.54, 1.807) is 7.05 Å². The number of nitrogens with one attached hydrogen (secondary N) is 3. The first kappa shape index (κ1) is 29.7. The fourth-order valence-electron chi connectivity index (χ4n) is 2.47. The lowest BCUT2D eigenvalue weighted by Crippen LogP contribution is -2.39. The van der Waals surface area contributed by atoms with Crippen LogP contribution in [0.3, 0.4) is 0 Å². The van der Waals surface area contributed by atoms with Crippen molar-refractivity contribution in [3.63, 3.8) is 0 Å². The zero-order valence-electron chi connectivity index (χ0n) is 17.3. The molecule has 2 unspecified atom stereocenters. The van der Waals surface area contributed by atoms with E-state index in [9.17, 15) is 24.6 Å². The maximum atomic E-state index is 12.9. The number of carbonyl (C=O) groups is 3. The lowest BCUT2D eigenvalue weighted by atomic mass is 10.1. The summed E-state index contributed by atoms with van der Waals surface area (Å²) < 4.78 is 1.15. The molecule has 0 spiro atoms. The van der Waals surface area contributed by atoms with Gasteiger partial charge in [-0.2, -0.15) is 0 Å². The summed E-state index contributed by atoms with van der Waals surface area (Å²) in [4.78, 5) is 39.8. The molecule has 0 aliphatic heterocycles. The van der Waals surface area contributed by atoms with Crippen molar-refractivity contribution in [1.82, 2.24) is 16.0 Å². The average Bonchev–Trinajstić information content (AvgIpc) is 2.75. The number of anilines is 1.